The molecule has 0 aliphatic carbocycles. The lowest BCUT2D eigenvalue weighted by Gasteiger charge is -2.36. The molecule has 0 amide bonds. The van der Waals surface area contributed by atoms with Crippen molar-refractivity contribution in [2.45, 2.75) is 64.8 Å². The normalized spacial score (nSPS) is 12.5. The van der Waals surface area contributed by atoms with Gasteiger partial charge in [-0.25, -0.2) is 0 Å². The first-order valence-corrected chi connectivity index (χ1v) is 8.33. The largest absolute Gasteiger partial charge is 0.384 e. The van der Waals surface area contributed by atoms with E-state index in [1.54, 1.807) is 34.5 Å². The summed E-state index contributed by atoms with van der Waals surface area (Å²) in [4.78, 5) is 0. The second-order valence-corrected chi connectivity index (χ2v) is 5.33. The molecule has 0 fully saturated rings. The second-order valence-electron chi connectivity index (χ2n) is 5.33. The number of allylic oxidation sites excluding steroid dienone is 1. The fourth-order valence-electron chi connectivity index (χ4n) is 2.48. The molecule has 0 spiro atoms. The minimum absolute atomic E-state index is 0.0867. The van der Waals surface area contributed by atoms with Gasteiger partial charge < -0.3 is 18.9 Å². The molecule has 0 bridgehead atoms. The Bertz CT molecular complexity index is 219. The summed E-state index contributed by atoms with van der Waals surface area (Å²) in [7, 11) is 6.52. The lowest BCUT2D eigenvalue weighted by Crippen LogP contribution is -2.46. The molecule has 134 valence electrons. The number of rotatable bonds is 13. The van der Waals surface area contributed by atoms with E-state index in [0.29, 0.717) is 6.61 Å². The Labute approximate surface area is 138 Å². The van der Waals surface area contributed by atoms with Gasteiger partial charge in [0.2, 0.25) is 0 Å². The van der Waals surface area contributed by atoms with Gasteiger partial charge >= 0.3 is 0 Å². The Morgan fingerprint density at radius 3 is 1.77 bits per heavy atom. The van der Waals surface area contributed by atoms with Gasteiger partial charge in [-0.3, -0.25) is 0 Å². The molecule has 0 rings (SSSR count). The molecule has 4 nitrogen and oxygen atoms in total. The van der Waals surface area contributed by atoms with Gasteiger partial charge in [0.05, 0.1) is 12.5 Å². The third-order valence-electron chi connectivity index (χ3n) is 3.63. The van der Waals surface area contributed by atoms with Gasteiger partial charge in [0, 0.05) is 28.4 Å². The van der Waals surface area contributed by atoms with Crippen LogP contribution < -0.4 is 0 Å². The van der Waals surface area contributed by atoms with Gasteiger partial charge in [-0.1, -0.05) is 51.5 Å². The highest BCUT2D eigenvalue weighted by Gasteiger charge is 2.39. The molecule has 0 saturated heterocycles. The van der Waals surface area contributed by atoms with Gasteiger partial charge in [-0.05, 0) is 13.3 Å². The highest BCUT2D eigenvalue weighted by Crippen LogP contribution is 2.28. The molecule has 4 heteroatoms. The van der Waals surface area contributed by atoms with Crippen LogP contribution in [0.2, 0.25) is 0 Å². The van der Waals surface area contributed by atoms with E-state index < -0.39 is 5.97 Å². The smallest absolute Gasteiger partial charge is 0.287 e. The van der Waals surface area contributed by atoms with Crippen LogP contribution in [-0.2, 0) is 18.9 Å². The standard InChI is InChI=1S/C15H32O4.C3H6/c1-6-7-8-9-10-11-12-14(13-16-2)15(17-3,18-4)19-5;1-3-2/h14H,6-13H2,1-5H3;3H,1H2,2H3. The van der Waals surface area contributed by atoms with E-state index in [-0.39, 0.29) is 5.92 Å². The van der Waals surface area contributed by atoms with Crippen molar-refractivity contribution in [2.24, 2.45) is 5.92 Å². The van der Waals surface area contributed by atoms with Crippen molar-refractivity contribution in [1.29, 1.82) is 0 Å². The van der Waals surface area contributed by atoms with E-state index in [1.807, 2.05) is 6.92 Å². The zero-order chi connectivity index (χ0) is 17.3. The fourth-order valence-corrected chi connectivity index (χ4v) is 2.48. The molecule has 0 heterocycles. The third kappa shape index (κ3) is 10.3. The quantitative estimate of drug-likeness (QED) is 0.278. The molecule has 0 aliphatic heterocycles. The van der Waals surface area contributed by atoms with E-state index in [0.717, 1.165) is 12.8 Å². The highest BCUT2D eigenvalue weighted by atomic mass is 16.9. The van der Waals surface area contributed by atoms with Crippen LogP contribution in [0.5, 0.6) is 0 Å². The summed E-state index contributed by atoms with van der Waals surface area (Å²) in [6.07, 6.45) is 10.4. The fraction of sp³-hybridized carbons (Fsp3) is 0.889. The monoisotopic (exact) mass is 318 g/mol. The van der Waals surface area contributed by atoms with Gasteiger partial charge in [-0.15, -0.1) is 6.58 Å². The molecule has 1 unspecified atom stereocenters. The number of ether oxygens (including phenoxy) is 4. The summed E-state index contributed by atoms with van der Waals surface area (Å²) in [5.41, 5.74) is 0. The summed E-state index contributed by atoms with van der Waals surface area (Å²) in [5, 5.41) is 0. The van der Waals surface area contributed by atoms with E-state index in [2.05, 4.69) is 13.5 Å². The minimum atomic E-state index is -0.987. The zero-order valence-electron chi connectivity index (χ0n) is 15.7. The van der Waals surface area contributed by atoms with E-state index in [4.69, 9.17) is 18.9 Å². The number of unbranched alkanes of at least 4 members (excludes halogenated alkanes) is 5. The predicted octanol–water partition coefficient (Wildman–Crippen LogP) is 4.78. The molecule has 0 aliphatic rings. The zero-order valence-corrected chi connectivity index (χ0v) is 15.7. The van der Waals surface area contributed by atoms with Crippen LogP contribution in [0.25, 0.3) is 0 Å². The average molecular weight is 318 g/mol. The second kappa shape index (κ2) is 16.9. The molecule has 0 N–H and O–H groups in total. The lowest BCUT2D eigenvalue weighted by atomic mass is 9.98. The van der Waals surface area contributed by atoms with Crippen LogP contribution in [0, 0.1) is 5.92 Å². The Morgan fingerprint density at radius 1 is 0.909 bits per heavy atom. The maximum atomic E-state index is 5.42. The number of hydrogen-bond acceptors (Lipinski definition) is 4. The van der Waals surface area contributed by atoms with E-state index >= 15 is 0 Å². The molecule has 0 radical (unpaired) electrons. The van der Waals surface area contributed by atoms with Gasteiger partial charge in [-0.2, -0.15) is 0 Å². The van der Waals surface area contributed by atoms with Crippen molar-refractivity contribution in [2.75, 3.05) is 35.0 Å². The molecule has 22 heavy (non-hydrogen) atoms. The lowest BCUT2D eigenvalue weighted by molar-refractivity contribution is -0.383. The van der Waals surface area contributed by atoms with Crippen molar-refractivity contribution in [1.82, 2.24) is 0 Å². The molecule has 0 aromatic heterocycles. The molecule has 0 aromatic rings. The summed E-state index contributed by atoms with van der Waals surface area (Å²) >= 11 is 0. The van der Waals surface area contributed by atoms with Gasteiger partial charge in [0.1, 0.15) is 0 Å². The molecule has 0 aromatic carbocycles. The van der Waals surface area contributed by atoms with Crippen molar-refractivity contribution in [3.05, 3.63) is 12.7 Å². The first kappa shape index (κ1) is 23.8. The van der Waals surface area contributed by atoms with Gasteiger partial charge in [0.15, 0.2) is 0 Å². The molecular formula is C18H38O4. The molecule has 0 saturated carbocycles. The molecular weight excluding hydrogens is 280 g/mol. The van der Waals surface area contributed by atoms with Crippen molar-refractivity contribution >= 4 is 0 Å². The minimum Gasteiger partial charge on any atom is -0.384 e. The summed E-state index contributed by atoms with van der Waals surface area (Å²) < 4.78 is 21.5. The van der Waals surface area contributed by atoms with Crippen molar-refractivity contribution in [3.63, 3.8) is 0 Å². The van der Waals surface area contributed by atoms with Gasteiger partial charge in [0.25, 0.3) is 5.97 Å². The van der Waals surface area contributed by atoms with E-state index in [1.165, 1.54) is 32.1 Å². The van der Waals surface area contributed by atoms with Crippen LogP contribution in [0.3, 0.4) is 0 Å². The topological polar surface area (TPSA) is 36.9 Å². The Hall–Kier alpha value is -0.420. The predicted molar refractivity (Wildman–Crippen MR) is 93.0 cm³/mol. The van der Waals surface area contributed by atoms with Crippen molar-refractivity contribution < 1.29 is 18.9 Å². The van der Waals surface area contributed by atoms with Crippen LogP contribution in [0.15, 0.2) is 12.7 Å². The summed E-state index contributed by atoms with van der Waals surface area (Å²) in [6.45, 7) is 8.06. The Kier molecular flexibility index (Phi) is 18.4. The summed E-state index contributed by atoms with van der Waals surface area (Å²) in [6, 6.07) is 0. The number of methoxy groups -OCH3 is 4. The first-order valence-electron chi connectivity index (χ1n) is 8.33. The van der Waals surface area contributed by atoms with Crippen LogP contribution in [0.1, 0.15) is 58.8 Å². The summed E-state index contributed by atoms with van der Waals surface area (Å²) in [5.74, 6) is -0.900. The first-order chi connectivity index (χ1) is 10.6. The van der Waals surface area contributed by atoms with E-state index in [9.17, 15) is 0 Å². The van der Waals surface area contributed by atoms with Crippen LogP contribution >= 0.6 is 0 Å². The van der Waals surface area contributed by atoms with Crippen LogP contribution in [0.4, 0.5) is 0 Å². The highest BCUT2D eigenvalue weighted by molar-refractivity contribution is 4.70. The third-order valence-corrected chi connectivity index (χ3v) is 3.63. The molecule has 1 atom stereocenters. The Balaban J connectivity index is 0. The maximum absolute atomic E-state index is 5.42. The average Bonchev–Trinajstić information content (AvgIpc) is 2.53. The van der Waals surface area contributed by atoms with Crippen molar-refractivity contribution in [3.8, 4) is 0 Å². The Morgan fingerprint density at radius 2 is 1.36 bits per heavy atom. The number of hydrogen-bond donors (Lipinski definition) is 0. The SMILES string of the molecule is C=CC.CCCCCCCCC(COC)C(OC)(OC)OC. The van der Waals surface area contributed by atoms with Crippen LogP contribution in [-0.4, -0.2) is 41.0 Å². The maximum Gasteiger partial charge on any atom is 0.287 e.